The van der Waals surface area contributed by atoms with Crippen molar-refractivity contribution in [2.24, 2.45) is 0 Å². The number of esters is 1. The summed E-state index contributed by atoms with van der Waals surface area (Å²) in [6.07, 6.45) is 4.74. The normalized spacial score (nSPS) is 25.3. The van der Waals surface area contributed by atoms with Gasteiger partial charge in [-0.15, -0.1) is 6.58 Å². The van der Waals surface area contributed by atoms with Crippen LogP contribution < -0.4 is 10.1 Å². The molecule has 5 rings (SSSR count). The average Bonchev–Trinajstić information content (AvgIpc) is 2.92. The zero-order valence-electron chi connectivity index (χ0n) is 22.2. The fourth-order valence-corrected chi connectivity index (χ4v) is 6.67. The van der Waals surface area contributed by atoms with Crippen molar-refractivity contribution >= 4 is 22.6 Å². The van der Waals surface area contributed by atoms with Gasteiger partial charge in [0.25, 0.3) is 5.91 Å². The summed E-state index contributed by atoms with van der Waals surface area (Å²) >= 11 is 0. The van der Waals surface area contributed by atoms with Gasteiger partial charge < -0.3 is 14.8 Å². The van der Waals surface area contributed by atoms with Crippen molar-refractivity contribution < 1.29 is 19.1 Å². The maximum absolute atomic E-state index is 13.4. The number of piperidine rings is 1. The van der Waals surface area contributed by atoms with Crippen LogP contribution >= 0.6 is 0 Å². The van der Waals surface area contributed by atoms with E-state index in [1.54, 1.807) is 7.11 Å². The van der Waals surface area contributed by atoms with Crippen molar-refractivity contribution in [3.8, 4) is 5.75 Å². The lowest BCUT2D eigenvalue weighted by Crippen LogP contribution is -2.68. The Morgan fingerprint density at radius 3 is 2.66 bits per heavy atom. The highest BCUT2D eigenvalue weighted by atomic mass is 16.6. The largest absolute Gasteiger partial charge is 0.497 e. The number of hydrogen-bond acceptors (Lipinski definition) is 5. The molecule has 1 N–H and O–H groups in total. The fourth-order valence-electron chi connectivity index (χ4n) is 6.67. The first kappa shape index (κ1) is 26.0. The van der Waals surface area contributed by atoms with E-state index in [1.165, 1.54) is 6.92 Å². The van der Waals surface area contributed by atoms with Crippen LogP contribution in [0.1, 0.15) is 48.5 Å². The first-order valence-electron chi connectivity index (χ1n) is 13.4. The summed E-state index contributed by atoms with van der Waals surface area (Å²) in [5.41, 5.74) is 0.555. The van der Waals surface area contributed by atoms with Crippen LogP contribution in [0.15, 0.2) is 79.4 Å². The molecule has 1 aliphatic heterocycles. The molecule has 6 nitrogen and oxygen atoms in total. The number of carbonyl (C=O) groups excluding carboxylic acids is 2. The molecule has 1 saturated carbocycles. The van der Waals surface area contributed by atoms with Gasteiger partial charge in [0.2, 0.25) is 0 Å². The van der Waals surface area contributed by atoms with Crippen LogP contribution in [0, 0.1) is 0 Å². The number of likely N-dealkylation sites (tertiary alicyclic amines) is 1. The predicted octanol–water partition coefficient (Wildman–Crippen LogP) is 5.26. The Morgan fingerprint density at radius 2 is 1.89 bits per heavy atom. The van der Waals surface area contributed by atoms with Crippen molar-refractivity contribution in [3.63, 3.8) is 0 Å². The van der Waals surface area contributed by atoms with E-state index in [9.17, 15) is 9.59 Å². The topological polar surface area (TPSA) is 67.9 Å². The number of rotatable bonds is 7. The van der Waals surface area contributed by atoms with Crippen molar-refractivity contribution in [3.05, 3.63) is 90.5 Å². The molecule has 2 aliphatic rings. The van der Waals surface area contributed by atoms with E-state index in [4.69, 9.17) is 9.47 Å². The van der Waals surface area contributed by atoms with Gasteiger partial charge in [-0.05, 0) is 72.8 Å². The maximum atomic E-state index is 13.4. The van der Waals surface area contributed by atoms with E-state index in [1.807, 2.05) is 60.7 Å². The van der Waals surface area contributed by atoms with Gasteiger partial charge in [0.05, 0.1) is 7.11 Å². The molecular formula is C32H36N2O4. The van der Waals surface area contributed by atoms with Crippen LogP contribution in [0.3, 0.4) is 0 Å². The number of nitrogens with one attached hydrogen (secondary N) is 1. The smallest absolute Gasteiger partial charge is 0.303 e. The molecule has 38 heavy (non-hydrogen) atoms. The van der Waals surface area contributed by atoms with Gasteiger partial charge >= 0.3 is 5.97 Å². The highest BCUT2D eigenvalue weighted by molar-refractivity contribution is 5.98. The Bertz CT molecular complexity index is 1350. The zero-order valence-corrected chi connectivity index (χ0v) is 22.2. The third-order valence-corrected chi connectivity index (χ3v) is 8.39. The standard InChI is InChI=1S/C32H36N2O4/c1-4-17-34-18-16-31(27-10-7-11-29(20-27)37-3)21-28(14-15-32(31,22-34)38-23(2)35)33-30(36)26-13-12-24-8-5-6-9-25(24)19-26/h4-13,19-20,28H,1,14-18,21-22H2,2-3H3,(H,33,36). The van der Waals surface area contributed by atoms with Gasteiger partial charge in [0.15, 0.2) is 0 Å². The van der Waals surface area contributed by atoms with Crippen LogP contribution in [0.4, 0.5) is 0 Å². The predicted molar refractivity (Wildman–Crippen MR) is 149 cm³/mol. The number of benzene rings is 3. The van der Waals surface area contributed by atoms with Crippen molar-refractivity contribution in [2.45, 2.75) is 49.7 Å². The van der Waals surface area contributed by atoms with E-state index in [-0.39, 0.29) is 17.9 Å². The second-order valence-electron chi connectivity index (χ2n) is 10.7. The molecule has 198 valence electrons. The van der Waals surface area contributed by atoms with E-state index < -0.39 is 11.0 Å². The lowest BCUT2D eigenvalue weighted by atomic mass is 9.55. The minimum absolute atomic E-state index is 0.0604. The maximum Gasteiger partial charge on any atom is 0.303 e. The van der Waals surface area contributed by atoms with Gasteiger partial charge in [-0.1, -0.05) is 48.5 Å². The Labute approximate surface area is 224 Å². The number of carbonyl (C=O) groups is 2. The summed E-state index contributed by atoms with van der Waals surface area (Å²) in [4.78, 5) is 28.2. The molecule has 3 atom stereocenters. The summed E-state index contributed by atoms with van der Waals surface area (Å²) in [5.74, 6) is 0.409. The minimum atomic E-state index is -0.712. The first-order chi connectivity index (χ1) is 18.4. The molecule has 3 unspecified atom stereocenters. The number of hydrogen-bond donors (Lipinski definition) is 1. The molecule has 0 bridgehead atoms. The highest BCUT2D eigenvalue weighted by Gasteiger charge is 2.60. The molecule has 0 spiro atoms. The molecule has 0 radical (unpaired) electrons. The monoisotopic (exact) mass is 512 g/mol. The van der Waals surface area contributed by atoms with E-state index in [2.05, 4.69) is 28.9 Å². The number of nitrogens with zero attached hydrogens (tertiary/aromatic N) is 1. The van der Waals surface area contributed by atoms with Crippen LogP contribution in [-0.4, -0.2) is 55.2 Å². The van der Waals surface area contributed by atoms with Crippen LogP contribution in [0.5, 0.6) is 5.75 Å². The average molecular weight is 513 g/mol. The molecule has 1 heterocycles. The second-order valence-corrected chi connectivity index (χ2v) is 10.7. The van der Waals surface area contributed by atoms with Gasteiger partial charge in [0.1, 0.15) is 11.4 Å². The number of methoxy groups -OCH3 is 1. The third kappa shape index (κ3) is 4.81. The molecule has 1 saturated heterocycles. The van der Waals surface area contributed by atoms with Crippen molar-refractivity contribution in [1.82, 2.24) is 10.2 Å². The first-order valence-corrected chi connectivity index (χ1v) is 13.4. The molecule has 1 aliphatic carbocycles. The molecule has 0 aromatic heterocycles. The number of fused-ring (bicyclic) bond motifs is 2. The van der Waals surface area contributed by atoms with Crippen molar-refractivity contribution in [1.29, 1.82) is 0 Å². The minimum Gasteiger partial charge on any atom is -0.497 e. The highest BCUT2D eigenvalue weighted by Crippen LogP contribution is 2.54. The number of ether oxygens (including phenoxy) is 2. The Kier molecular flexibility index (Phi) is 7.26. The Hall–Kier alpha value is -3.64. The molecule has 6 heteroatoms. The molecule has 1 amide bonds. The van der Waals surface area contributed by atoms with Crippen LogP contribution in [0.2, 0.25) is 0 Å². The lowest BCUT2D eigenvalue weighted by Gasteiger charge is -2.59. The molecule has 2 fully saturated rings. The van der Waals surface area contributed by atoms with E-state index in [0.29, 0.717) is 24.9 Å². The van der Waals surface area contributed by atoms with E-state index >= 15 is 0 Å². The second kappa shape index (κ2) is 10.6. The SMILES string of the molecule is C=CCN1CCC2(c3cccc(OC)c3)CC(NC(=O)c3ccc4ccccc4c3)CCC2(OC(C)=O)C1. The molecule has 3 aromatic carbocycles. The molecule has 3 aromatic rings. The Balaban J connectivity index is 1.49. The summed E-state index contributed by atoms with van der Waals surface area (Å²) in [5, 5.41) is 5.47. The summed E-state index contributed by atoms with van der Waals surface area (Å²) < 4.78 is 11.9. The quantitative estimate of drug-likeness (QED) is 0.345. The fraction of sp³-hybridized carbons (Fsp3) is 0.375. The zero-order chi connectivity index (χ0) is 26.8. The van der Waals surface area contributed by atoms with Crippen molar-refractivity contribution in [2.75, 3.05) is 26.7 Å². The molecular weight excluding hydrogens is 476 g/mol. The third-order valence-electron chi connectivity index (χ3n) is 8.39. The number of amides is 1. The summed E-state index contributed by atoms with van der Waals surface area (Å²) in [7, 11) is 1.66. The Morgan fingerprint density at radius 1 is 1.08 bits per heavy atom. The lowest BCUT2D eigenvalue weighted by molar-refractivity contribution is -0.186. The van der Waals surface area contributed by atoms with E-state index in [0.717, 1.165) is 48.0 Å². The van der Waals surface area contributed by atoms with Gasteiger partial charge in [-0.3, -0.25) is 14.5 Å². The van der Waals surface area contributed by atoms with Gasteiger partial charge in [0, 0.05) is 37.0 Å². The van der Waals surface area contributed by atoms with Crippen LogP contribution in [0.25, 0.3) is 10.8 Å². The van der Waals surface area contributed by atoms with Gasteiger partial charge in [-0.25, -0.2) is 0 Å². The summed E-state index contributed by atoms with van der Waals surface area (Å²) in [6.45, 7) is 7.62. The van der Waals surface area contributed by atoms with Crippen LogP contribution in [-0.2, 0) is 14.9 Å². The van der Waals surface area contributed by atoms with Gasteiger partial charge in [-0.2, -0.15) is 0 Å². The summed E-state index contributed by atoms with van der Waals surface area (Å²) in [6, 6.07) is 21.9.